The Morgan fingerprint density at radius 2 is 2.25 bits per heavy atom. The van der Waals surface area contributed by atoms with E-state index in [4.69, 9.17) is 15.7 Å². The number of hydrogen-bond donors (Lipinski definition) is 2. The van der Waals surface area contributed by atoms with Crippen molar-refractivity contribution in [3.05, 3.63) is 23.8 Å². The highest BCUT2D eigenvalue weighted by molar-refractivity contribution is 5.89. The molecule has 0 aliphatic heterocycles. The molecule has 5 nitrogen and oxygen atoms in total. The molecule has 0 radical (unpaired) electrons. The van der Waals surface area contributed by atoms with Crippen molar-refractivity contribution in [3.8, 4) is 6.07 Å². The Morgan fingerprint density at radius 1 is 1.56 bits per heavy atom. The van der Waals surface area contributed by atoms with Crippen molar-refractivity contribution in [1.29, 1.82) is 5.26 Å². The summed E-state index contributed by atoms with van der Waals surface area (Å²) in [5.41, 5.74) is 6.87. The second kappa shape index (κ2) is 5.03. The molecule has 0 saturated carbocycles. The molecule has 3 N–H and O–H groups in total. The highest BCUT2D eigenvalue weighted by atomic mass is 16.6. The smallest absolute Gasteiger partial charge is 0.411 e. The molecule has 0 heterocycles. The van der Waals surface area contributed by atoms with E-state index in [1.807, 2.05) is 6.07 Å². The van der Waals surface area contributed by atoms with Gasteiger partial charge in [-0.15, -0.1) is 0 Å². The lowest BCUT2D eigenvalue weighted by Crippen LogP contribution is -2.18. The van der Waals surface area contributed by atoms with Crippen LogP contribution in [0.15, 0.2) is 18.2 Å². The van der Waals surface area contributed by atoms with E-state index in [1.54, 1.807) is 26.0 Å². The number of benzene rings is 1. The topological polar surface area (TPSA) is 88.1 Å². The van der Waals surface area contributed by atoms with Crippen LogP contribution >= 0.6 is 0 Å². The van der Waals surface area contributed by atoms with Crippen molar-refractivity contribution in [3.63, 3.8) is 0 Å². The predicted octanol–water partition coefficient (Wildman–Crippen LogP) is 2.10. The van der Waals surface area contributed by atoms with Crippen molar-refractivity contribution in [2.24, 2.45) is 0 Å². The van der Waals surface area contributed by atoms with Gasteiger partial charge in [0.05, 0.1) is 29.1 Å². The molecule has 1 rings (SSSR count). The van der Waals surface area contributed by atoms with Crippen LogP contribution in [0, 0.1) is 11.3 Å². The van der Waals surface area contributed by atoms with Gasteiger partial charge in [-0.25, -0.2) is 4.79 Å². The van der Waals surface area contributed by atoms with Gasteiger partial charge in [-0.1, -0.05) is 0 Å². The summed E-state index contributed by atoms with van der Waals surface area (Å²) in [6.07, 6.45) is -0.758. The first-order valence-corrected chi connectivity index (χ1v) is 4.80. The fourth-order valence-electron chi connectivity index (χ4n) is 1.10. The average Bonchev–Trinajstić information content (AvgIpc) is 2.19. The molecule has 0 unspecified atom stereocenters. The zero-order valence-corrected chi connectivity index (χ0v) is 9.15. The number of nitrogens with one attached hydrogen (secondary N) is 1. The molecule has 5 heteroatoms. The molecule has 0 fully saturated rings. The van der Waals surface area contributed by atoms with Crippen LogP contribution in [0.4, 0.5) is 16.2 Å². The minimum atomic E-state index is -0.564. The summed E-state index contributed by atoms with van der Waals surface area (Å²) < 4.78 is 4.90. The summed E-state index contributed by atoms with van der Waals surface area (Å²) in [5.74, 6) is 0. The minimum absolute atomic E-state index is 0.195. The third kappa shape index (κ3) is 3.17. The molecule has 0 aliphatic rings. The average molecular weight is 219 g/mol. The van der Waals surface area contributed by atoms with Crippen LogP contribution in [-0.4, -0.2) is 12.2 Å². The van der Waals surface area contributed by atoms with E-state index in [0.29, 0.717) is 16.9 Å². The van der Waals surface area contributed by atoms with Crippen LogP contribution in [0.3, 0.4) is 0 Å². The van der Waals surface area contributed by atoms with Gasteiger partial charge in [0.1, 0.15) is 0 Å². The van der Waals surface area contributed by atoms with Gasteiger partial charge >= 0.3 is 6.09 Å². The van der Waals surface area contributed by atoms with Crippen molar-refractivity contribution >= 4 is 17.5 Å². The number of carbonyl (C=O) groups is 1. The molecular weight excluding hydrogens is 206 g/mol. The molecule has 0 aromatic heterocycles. The highest BCUT2D eigenvalue weighted by Crippen LogP contribution is 2.19. The fraction of sp³-hybridized carbons (Fsp3) is 0.273. The summed E-state index contributed by atoms with van der Waals surface area (Å²) >= 11 is 0. The van der Waals surface area contributed by atoms with E-state index in [9.17, 15) is 4.79 Å². The van der Waals surface area contributed by atoms with E-state index < -0.39 is 6.09 Å². The quantitative estimate of drug-likeness (QED) is 0.745. The van der Waals surface area contributed by atoms with E-state index in [1.165, 1.54) is 6.07 Å². The Bertz CT molecular complexity index is 435. The first-order valence-electron chi connectivity index (χ1n) is 4.80. The van der Waals surface area contributed by atoms with Gasteiger partial charge in [0.2, 0.25) is 0 Å². The monoisotopic (exact) mass is 219 g/mol. The Hall–Kier alpha value is -2.22. The molecule has 84 valence electrons. The standard InChI is InChI=1S/C11H13N3O2/c1-7(2)16-11(15)14-10-4-3-8(6-12)5-9(10)13/h3-5,7H,13H2,1-2H3,(H,14,15). The Labute approximate surface area is 93.8 Å². The van der Waals surface area contributed by atoms with Crippen LogP contribution < -0.4 is 11.1 Å². The normalized spacial score (nSPS) is 9.62. The van der Waals surface area contributed by atoms with Gasteiger partial charge in [-0.2, -0.15) is 5.26 Å². The minimum Gasteiger partial charge on any atom is -0.447 e. The third-order valence-electron chi connectivity index (χ3n) is 1.76. The molecule has 0 bridgehead atoms. The maximum atomic E-state index is 11.3. The number of anilines is 2. The van der Waals surface area contributed by atoms with Gasteiger partial charge in [0.15, 0.2) is 0 Å². The number of nitrogens with two attached hydrogens (primary N) is 1. The van der Waals surface area contributed by atoms with Crippen molar-refractivity contribution in [2.45, 2.75) is 20.0 Å². The zero-order valence-electron chi connectivity index (χ0n) is 9.15. The van der Waals surface area contributed by atoms with Gasteiger partial charge < -0.3 is 10.5 Å². The molecule has 0 atom stereocenters. The highest BCUT2D eigenvalue weighted by Gasteiger charge is 2.08. The number of hydrogen-bond acceptors (Lipinski definition) is 4. The summed E-state index contributed by atoms with van der Waals surface area (Å²) in [6, 6.07) is 6.58. The lowest BCUT2D eigenvalue weighted by Gasteiger charge is -2.11. The molecule has 0 spiro atoms. The van der Waals surface area contributed by atoms with Gasteiger partial charge in [-0.05, 0) is 32.0 Å². The first-order chi connectivity index (χ1) is 7.52. The van der Waals surface area contributed by atoms with Gasteiger partial charge in [-0.3, -0.25) is 5.32 Å². The Balaban J connectivity index is 2.75. The van der Waals surface area contributed by atoms with Crippen LogP contribution in [0.2, 0.25) is 0 Å². The molecule has 0 saturated heterocycles. The van der Waals surface area contributed by atoms with Crippen LogP contribution in [-0.2, 0) is 4.74 Å². The lowest BCUT2D eigenvalue weighted by atomic mass is 10.2. The summed E-state index contributed by atoms with van der Waals surface area (Å²) in [4.78, 5) is 11.3. The second-order valence-electron chi connectivity index (χ2n) is 3.49. The van der Waals surface area contributed by atoms with Gasteiger partial charge in [0.25, 0.3) is 0 Å². The number of ether oxygens (including phenoxy) is 1. The number of rotatable bonds is 2. The van der Waals surface area contributed by atoms with Crippen molar-refractivity contribution in [1.82, 2.24) is 0 Å². The maximum Gasteiger partial charge on any atom is 0.411 e. The zero-order chi connectivity index (χ0) is 12.1. The van der Waals surface area contributed by atoms with Crippen LogP contribution in [0.25, 0.3) is 0 Å². The van der Waals surface area contributed by atoms with Crippen LogP contribution in [0.5, 0.6) is 0 Å². The van der Waals surface area contributed by atoms with E-state index >= 15 is 0 Å². The van der Waals surface area contributed by atoms with E-state index in [0.717, 1.165) is 0 Å². The second-order valence-corrected chi connectivity index (χ2v) is 3.49. The number of nitrogen functional groups attached to an aromatic ring is 1. The Kier molecular flexibility index (Phi) is 3.72. The molecule has 1 aromatic carbocycles. The van der Waals surface area contributed by atoms with Crippen molar-refractivity contribution < 1.29 is 9.53 Å². The summed E-state index contributed by atoms with van der Waals surface area (Å²) in [7, 11) is 0. The Morgan fingerprint density at radius 3 is 2.75 bits per heavy atom. The largest absolute Gasteiger partial charge is 0.447 e. The molecule has 1 aromatic rings. The predicted molar refractivity (Wildman–Crippen MR) is 60.8 cm³/mol. The van der Waals surface area contributed by atoms with Crippen LogP contribution in [0.1, 0.15) is 19.4 Å². The molecule has 0 aliphatic carbocycles. The molecule has 1 amide bonds. The molecular formula is C11H13N3O2. The first kappa shape index (κ1) is 11.9. The summed E-state index contributed by atoms with van der Waals surface area (Å²) in [5, 5.41) is 11.1. The third-order valence-corrected chi connectivity index (χ3v) is 1.76. The maximum absolute atomic E-state index is 11.3. The SMILES string of the molecule is CC(C)OC(=O)Nc1ccc(C#N)cc1N. The number of carbonyl (C=O) groups excluding carboxylic acids is 1. The summed E-state index contributed by atoms with van der Waals surface area (Å²) in [6.45, 7) is 3.50. The van der Waals surface area contributed by atoms with E-state index in [2.05, 4.69) is 5.32 Å². The number of nitriles is 1. The van der Waals surface area contributed by atoms with E-state index in [-0.39, 0.29) is 6.10 Å². The van der Waals surface area contributed by atoms with Crippen molar-refractivity contribution in [2.75, 3.05) is 11.1 Å². The lowest BCUT2D eigenvalue weighted by molar-refractivity contribution is 0.130. The molecule has 16 heavy (non-hydrogen) atoms. The van der Waals surface area contributed by atoms with Gasteiger partial charge in [0, 0.05) is 0 Å². The fourth-order valence-corrected chi connectivity index (χ4v) is 1.10. The number of amides is 1. The number of nitrogens with zero attached hydrogens (tertiary/aromatic N) is 1.